The van der Waals surface area contributed by atoms with E-state index >= 15 is 0 Å². The van der Waals surface area contributed by atoms with Gasteiger partial charge in [0.1, 0.15) is 5.82 Å². The Morgan fingerprint density at radius 3 is 2.09 bits per heavy atom. The van der Waals surface area contributed by atoms with E-state index in [-0.39, 0.29) is 11.7 Å². The van der Waals surface area contributed by atoms with Crippen LogP contribution >= 0.6 is 0 Å². The topological polar surface area (TPSA) is 183 Å². The number of nitrogens with zero attached hydrogens (tertiary/aromatic N) is 1. The first-order valence-electron chi connectivity index (χ1n) is 13.7. The summed E-state index contributed by atoms with van der Waals surface area (Å²) < 4.78 is 26.0. The molecule has 1 amide bonds. The van der Waals surface area contributed by atoms with Crippen LogP contribution in [0, 0.1) is 5.82 Å². The number of ether oxygens (including phenoxy) is 2. The number of amides is 1. The van der Waals surface area contributed by atoms with Crippen molar-refractivity contribution in [2.24, 2.45) is 0 Å². The number of aliphatic hydroxyl groups is 1. The Balaban J connectivity index is 0.000000420. The van der Waals surface area contributed by atoms with E-state index in [1.807, 2.05) is 18.2 Å². The normalized spacial score (nSPS) is 14.5. The molecule has 12 nitrogen and oxygen atoms in total. The summed E-state index contributed by atoms with van der Waals surface area (Å²) >= 11 is 0. The van der Waals surface area contributed by atoms with E-state index in [1.54, 1.807) is 19.2 Å². The van der Waals surface area contributed by atoms with Gasteiger partial charge in [-0.15, -0.1) is 0 Å². The number of para-hydroxylation sites is 1. The summed E-state index contributed by atoms with van der Waals surface area (Å²) in [5, 5.41) is 36.9. The van der Waals surface area contributed by atoms with Crippen LogP contribution in [0.2, 0.25) is 0 Å². The van der Waals surface area contributed by atoms with Crippen molar-refractivity contribution in [2.45, 2.75) is 63.6 Å². The van der Waals surface area contributed by atoms with Crippen LogP contribution < -0.4 is 14.8 Å². The molecule has 1 aliphatic heterocycles. The van der Waals surface area contributed by atoms with Gasteiger partial charge in [-0.05, 0) is 31.4 Å². The van der Waals surface area contributed by atoms with Gasteiger partial charge in [0.05, 0.1) is 32.1 Å². The summed E-state index contributed by atoms with van der Waals surface area (Å²) in [6, 6.07) is 12.7. The van der Waals surface area contributed by atoms with Gasteiger partial charge in [0.15, 0.2) is 17.1 Å². The zero-order valence-corrected chi connectivity index (χ0v) is 24.5. The number of carboxylic acids is 3. The minimum absolute atomic E-state index is 0.144. The zero-order valence-electron chi connectivity index (χ0n) is 24.5. The van der Waals surface area contributed by atoms with Gasteiger partial charge >= 0.3 is 17.9 Å². The Labute approximate surface area is 249 Å². The number of halogens is 1. The zero-order chi connectivity index (χ0) is 32.2. The molecule has 1 fully saturated rings. The van der Waals surface area contributed by atoms with Gasteiger partial charge in [0.2, 0.25) is 5.91 Å². The maximum absolute atomic E-state index is 14.6. The van der Waals surface area contributed by atoms with Gasteiger partial charge in [0, 0.05) is 37.7 Å². The molecule has 43 heavy (non-hydrogen) atoms. The fourth-order valence-electron chi connectivity index (χ4n) is 4.91. The lowest BCUT2D eigenvalue weighted by molar-refractivity contribution is -0.170. The number of carbonyl (C=O) groups is 4. The third kappa shape index (κ3) is 9.93. The number of rotatable bonds is 13. The first-order valence-corrected chi connectivity index (χ1v) is 13.7. The number of hydrogen-bond donors (Lipinski definition) is 5. The van der Waals surface area contributed by atoms with E-state index < -0.39 is 41.9 Å². The number of hydrogen-bond acceptors (Lipinski definition) is 8. The lowest BCUT2D eigenvalue weighted by Crippen LogP contribution is -2.52. The number of likely N-dealkylation sites (tertiary alicyclic amines) is 1. The molecule has 1 aliphatic rings. The Hall–Kier alpha value is -4.23. The molecule has 3 rings (SSSR count). The molecule has 2 aromatic rings. The average Bonchev–Trinajstić information content (AvgIpc) is 2.92. The largest absolute Gasteiger partial charge is 0.493 e. The summed E-state index contributed by atoms with van der Waals surface area (Å²) in [4.78, 5) is 44.7. The third-order valence-electron chi connectivity index (χ3n) is 6.92. The van der Waals surface area contributed by atoms with E-state index in [2.05, 4.69) is 23.2 Å². The number of piperidine rings is 1. The van der Waals surface area contributed by atoms with Gasteiger partial charge in [0.25, 0.3) is 0 Å². The molecule has 0 radical (unpaired) electrons. The Morgan fingerprint density at radius 2 is 1.60 bits per heavy atom. The van der Waals surface area contributed by atoms with Crippen molar-refractivity contribution in [1.82, 2.24) is 10.2 Å². The summed E-state index contributed by atoms with van der Waals surface area (Å²) in [6.07, 6.45) is -0.0857. The van der Waals surface area contributed by atoms with Crippen molar-refractivity contribution >= 4 is 23.8 Å². The van der Waals surface area contributed by atoms with Gasteiger partial charge in [-0.3, -0.25) is 19.3 Å². The highest BCUT2D eigenvalue weighted by Crippen LogP contribution is 2.37. The summed E-state index contributed by atoms with van der Waals surface area (Å²) in [7, 11) is 1.65. The van der Waals surface area contributed by atoms with Crippen molar-refractivity contribution < 1.29 is 53.5 Å². The van der Waals surface area contributed by atoms with Crippen LogP contribution in [0.25, 0.3) is 0 Å². The van der Waals surface area contributed by atoms with E-state index in [9.17, 15) is 23.6 Å². The lowest BCUT2D eigenvalue weighted by Gasteiger charge is -2.43. The highest BCUT2D eigenvalue weighted by atomic mass is 19.1. The quantitative estimate of drug-likeness (QED) is 0.226. The van der Waals surface area contributed by atoms with Crippen molar-refractivity contribution in [3.05, 3.63) is 59.4 Å². The van der Waals surface area contributed by atoms with Crippen molar-refractivity contribution in [3.63, 3.8) is 0 Å². The smallest absolute Gasteiger partial charge is 0.336 e. The second-order valence-electron chi connectivity index (χ2n) is 10.3. The van der Waals surface area contributed by atoms with Crippen LogP contribution in [0.3, 0.4) is 0 Å². The van der Waals surface area contributed by atoms with E-state index in [4.69, 9.17) is 29.9 Å². The molecule has 0 atom stereocenters. The SMILES string of the molecule is CCCOc1c(CN2CCC(NC(C)=O)(c3ccccc3F)CC2)cccc1OC.O=C(O)CC(O)(CC(=O)O)C(=O)O. The van der Waals surface area contributed by atoms with Gasteiger partial charge in [-0.1, -0.05) is 37.3 Å². The molecular formula is C30H39FN2O10. The van der Waals surface area contributed by atoms with Gasteiger partial charge in [-0.2, -0.15) is 0 Å². The highest BCUT2D eigenvalue weighted by Gasteiger charge is 2.41. The van der Waals surface area contributed by atoms with Crippen LogP contribution in [-0.2, 0) is 31.3 Å². The average molecular weight is 607 g/mol. The van der Waals surface area contributed by atoms with Crippen molar-refractivity contribution in [3.8, 4) is 11.5 Å². The predicted octanol–water partition coefficient (Wildman–Crippen LogP) is 3.00. The van der Waals surface area contributed by atoms with Gasteiger partial charge < -0.3 is 35.2 Å². The third-order valence-corrected chi connectivity index (χ3v) is 6.92. The highest BCUT2D eigenvalue weighted by molar-refractivity contribution is 5.88. The van der Waals surface area contributed by atoms with Crippen molar-refractivity contribution in [1.29, 1.82) is 0 Å². The van der Waals surface area contributed by atoms with Crippen LogP contribution in [0.15, 0.2) is 42.5 Å². The molecular weight excluding hydrogens is 567 g/mol. The van der Waals surface area contributed by atoms with E-state index in [0.29, 0.717) is 31.6 Å². The standard InChI is InChI=1S/C24H31FN2O3.C6H8O7/c1-4-16-30-23-19(8-7-11-22(23)29-3)17-27-14-12-24(13-15-27,26-18(2)28)20-9-5-6-10-21(20)25;7-3(8)1-6(13,5(11)12)2-4(9)10/h5-11H,4,12-17H2,1-3H3,(H,26,28);13H,1-2H2,(H,7,8)(H,9,10)(H,11,12). The summed E-state index contributed by atoms with van der Waals surface area (Å²) in [6.45, 7) is 6.38. The number of carboxylic acid groups (broad SMARTS) is 3. The molecule has 2 aromatic carbocycles. The Kier molecular flexibility index (Phi) is 12.9. The Bertz CT molecular complexity index is 1260. The molecule has 0 saturated carbocycles. The maximum atomic E-state index is 14.6. The second kappa shape index (κ2) is 15.8. The fourth-order valence-corrected chi connectivity index (χ4v) is 4.91. The molecule has 0 unspecified atom stereocenters. The number of benzene rings is 2. The predicted molar refractivity (Wildman–Crippen MR) is 152 cm³/mol. The molecule has 236 valence electrons. The molecule has 0 spiro atoms. The van der Waals surface area contributed by atoms with Crippen molar-refractivity contribution in [2.75, 3.05) is 26.8 Å². The van der Waals surface area contributed by atoms with E-state index in [0.717, 1.165) is 36.6 Å². The van der Waals surface area contributed by atoms with Gasteiger partial charge in [-0.25, -0.2) is 9.18 Å². The molecule has 1 saturated heterocycles. The minimum atomic E-state index is -2.74. The first-order chi connectivity index (χ1) is 20.3. The number of methoxy groups -OCH3 is 1. The van der Waals surface area contributed by atoms with Crippen LogP contribution in [0.1, 0.15) is 57.1 Å². The molecule has 0 aliphatic carbocycles. The molecule has 0 bridgehead atoms. The molecule has 0 aromatic heterocycles. The van der Waals surface area contributed by atoms with E-state index in [1.165, 1.54) is 13.0 Å². The number of nitrogens with one attached hydrogen (secondary N) is 1. The maximum Gasteiger partial charge on any atom is 0.336 e. The molecule has 13 heteroatoms. The fraction of sp³-hybridized carbons (Fsp3) is 0.467. The molecule has 5 N–H and O–H groups in total. The number of carbonyl (C=O) groups excluding carboxylic acids is 1. The Morgan fingerprint density at radius 1 is 1.00 bits per heavy atom. The number of aliphatic carboxylic acids is 3. The van der Waals surface area contributed by atoms with Crippen LogP contribution in [0.4, 0.5) is 4.39 Å². The monoisotopic (exact) mass is 606 g/mol. The first kappa shape index (κ1) is 35.0. The van der Waals surface area contributed by atoms with Crippen LogP contribution in [0.5, 0.6) is 11.5 Å². The lowest BCUT2D eigenvalue weighted by atomic mass is 9.80. The second-order valence-corrected chi connectivity index (χ2v) is 10.3. The summed E-state index contributed by atoms with van der Waals surface area (Å²) in [5.41, 5.74) is -1.78. The molecule has 1 heterocycles. The van der Waals surface area contributed by atoms with Crippen LogP contribution in [-0.4, -0.2) is 81.5 Å². The summed E-state index contributed by atoms with van der Waals surface area (Å²) in [5.74, 6) is -3.92. The minimum Gasteiger partial charge on any atom is -0.493 e.